The Bertz CT molecular complexity index is 1140. The summed E-state index contributed by atoms with van der Waals surface area (Å²) in [7, 11) is 0. The first-order valence-electron chi connectivity index (χ1n) is 10.1. The van der Waals surface area contributed by atoms with Gasteiger partial charge in [0.25, 0.3) is 0 Å². The van der Waals surface area contributed by atoms with Gasteiger partial charge in [-0.2, -0.15) is 0 Å². The van der Waals surface area contributed by atoms with Gasteiger partial charge in [-0.05, 0) is 48.9 Å². The maximum Gasteiger partial charge on any atom is 0.313 e. The van der Waals surface area contributed by atoms with Crippen LogP contribution in [0.25, 0.3) is 10.2 Å². The number of hydrogen-bond donors (Lipinski definition) is 2. The summed E-state index contributed by atoms with van der Waals surface area (Å²) in [6, 6.07) is 7.49. The number of rotatable bonds is 4. The number of amides is 3. The van der Waals surface area contributed by atoms with Crippen LogP contribution in [0.4, 0.5) is 5.69 Å². The van der Waals surface area contributed by atoms with E-state index in [0.29, 0.717) is 18.9 Å². The summed E-state index contributed by atoms with van der Waals surface area (Å²) < 4.78 is 1.13. The zero-order valence-electron chi connectivity index (χ0n) is 17.1. The fourth-order valence-corrected chi connectivity index (χ4v) is 4.59. The van der Waals surface area contributed by atoms with E-state index in [4.69, 9.17) is 5.73 Å². The van der Waals surface area contributed by atoms with Crippen LogP contribution in [-0.4, -0.2) is 45.2 Å². The van der Waals surface area contributed by atoms with Gasteiger partial charge in [0.2, 0.25) is 5.91 Å². The standard InChI is InChI=1S/C22H23N5O3S/c1-13-2-4-17(6-14-3-5-19-18(7-14)25-12-31-19)27(11-13)22(30)21(29)26-16-8-15(20(23)28)9-24-10-16/h3,5,7-10,12-13,17H,2,4,6,11H2,1H3,(H2,23,28)(H,26,29)/t13-,17+/m0/s1. The SMILES string of the molecule is C[C@H]1CC[C@H](Cc2ccc3scnc3c2)N(C(=O)C(=O)Nc2cncc(C(N)=O)c2)C1. The number of piperidine rings is 1. The maximum atomic E-state index is 13.0. The topological polar surface area (TPSA) is 118 Å². The molecule has 0 aliphatic carbocycles. The van der Waals surface area contributed by atoms with Crippen molar-refractivity contribution in [2.24, 2.45) is 11.7 Å². The molecule has 1 aliphatic rings. The minimum Gasteiger partial charge on any atom is -0.366 e. The van der Waals surface area contributed by atoms with Gasteiger partial charge in [0.15, 0.2) is 0 Å². The molecular formula is C22H23N5O3S. The summed E-state index contributed by atoms with van der Waals surface area (Å²) in [4.78, 5) is 47.0. The van der Waals surface area contributed by atoms with Crippen molar-refractivity contribution >= 4 is 45.0 Å². The van der Waals surface area contributed by atoms with Crippen LogP contribution in [0.15, 0.2) is 42.2 Å². The van der Waals surface area contributed by atoms with Crippen molar-refractivity contribution in [2.75, 3.05) is 11.9 Å². The molecule has 4 rings (SSSR count). The number of hydrogen-bond acceptors (Lipinski definition) is 6. The molecule has 2 atom stereocenters. The molecule has 9 heteroatoms. The smallest absolute Gasteiger partial charge is 0.313 e. The minimum atomic E-state index is -0.752. The molecule has 0 spiro atoms. The third kappa shape index (κ3) is 4.72. The van der Waals surface area contributed by atoms with E-state index in [-0.39, 0.29) is 17.3 Å². The monoisotopic (exact) mass is 437 g/mol. The molecule has 1 fully saturated rings. The van der Waals surface area contributed by atoms with E-state index in [0.717, 1.165) is 28.6 Å². The molecular weight excluding hydrogens is 414 g/mol. The van der Waals surface area contributed by atoms with Gasteiger partial charge in [0.1, 0.15) is 0 Å². The number of carbonyl (C=O) groups excluding carboxylic acids is 3. The summed E-state index contributed by atoms with van der Waals surface area (Å²) in [6.45, 7) is 2.60. The highest BCUT2D eigenvalue weighted by molar-refractivity contribution is 7.16. The second-order valence-corrected chi connectivity index (χ2v) is 8.82. The Kier molecular flexibility index (Phi) is 5.94. The minimum absolute atomic E-state index is 0.0689. The summed E-state index contributed by atoms with van der Waals surface area (Å²) in [5.41, 5.74) is 9.53. The van der Waals surface area contributed by atoms with E-state index in [1.54, 1.807) is 16.2 Å². The molecule has 0 radical (unpaired) electrons. The zero-order chi connectivity index (χ0) is 22.0. The average molecular weight is 438 g/mol. The van der Waals surface area contributed by atoms with E-state index in [1.165, 1.54) is 18.5 Å². The number of nitrogens with zero attached hydrogens (tertiary/aromatic N) is 3. The Balaban J connectivity index is 1.49. The number of benzene rings is 1. The Morgan fingerprint density at radius 3 is 2.87 bits per heavy atom. The third-order valence-electron chi connectivity index (χ3n) is 5.54. The fourth-order valence-electron chi connectivity index (χ4n) is 3.93. The molecule has 0 bridgehead atoms. The highest BCUT2D eigenvalue weighted by Crippen LogP contribution is 2.27. The summed E-state index contributed by atoms with van der Waals surface area (Å²) in [5.74, 6) is -1.68. The second kappa shape index (κ2) is 8.81. The lowest BCUT2D eigenvalue weighted by molar-refractivity contribution is -0.146. The molecule has 8 nitrogen and oxygen atoms in total. The molecule has 3 N–H and O–H groups in total. The highest BCUT2D eigenvalue weighted by atomic mass is 32.1. The van der Waals surface area contributed by atoms with Gasteiger partial charge in [-0.3, -0.25) is 19.4 Å². The zero-order valence-corrected chi connectivity index (χ0v) is 17.9. The van der Waals surface area contributed by atoms with E-state index < -0.39 is 17.7 Å². The molecule has 3 heterocycles. The summed E-state index contributed by atoms with van der Waals surface area (Å²) in [5, 5.41) is 2.55. The van der Waals surface area contributed by atoms with Crippen molar-refractivity contribution in [3.05, 3.63) is 53.3 Å². The molecule has 31 heavy (non-hydrogen) atoms. The quantitative estimate of drug-likeness (QED) is 0.608. The third-order valence-corrected chi connectivity index (χ3v) is 6.35. The van der Waals surface area contributed by atoms with Crippen molar-refractivity contribution < 1.29 is 14.4 Å². The average Bonchev–Trinajstić information content (AvgIpc) is 3.22. The van der Waals surface area contributed by atoms with Crippen LogP contribution in [0.1, 0.15) is 35.7 Å². The van der Waals surface area contributed by atoms with Crippen LogP contribution in [0, 0.1) is 5.92 Å². The number of anilines is 1. The predicted molar refractivity (Wildman–Crippen MR) is 119 cm³/mol. The summed E-state index contributed by atoms with van der Waals surface area (Å²) >= 11 is 1.59. The van der Waals surface area contributed by atoms with Gasteiger partial charge in [-0.15, -0.1) is 11.3 Å². The lowest BCUT2D eigenvalue weighted by atomic mass is 9.90. The number of pyridine rings is 1. The number of carbonyl (C=O) groups is 3. The molecule has 0 saturated carbocycles. The molecule has 3 amide bonds. The van der Waals surface area contributed by atoms with Gasteiger partial charge in [-0.25, -0.2) is 4.98 Å². The maximum absolute atomic E-state index is 13.0. The van der Waals surface area contributed by atoms with Crippen LogP contribution in [0.3, 0.4) is 0 Å². The fraction of sp³-hybridized carbons (Fsp3) is 0.318. The summed E-state index contributed by atoms with van der Waals surface area (Å²) in [6.07, 6.45) is 5.17. The van der Waals surface area contributed by atoms with Crippen LogP contribution >= 0.6 is 11.3 Å². The molecule has 2 aromatic heterocycles. The van der Waals surface area contributed by atoms with Crippen LogP contribution in [0.2, 0.25) is 0 Å². The Morgan fingerprint density at radius 2 is 2.06 bits per heavy atom. The van der Waals surface area contributed by atoms with Gasteiger partial charge in [-0.1, -0.05) is 13.0 Å². The Hall–Kier alpha value is -3.33. The van der Waals surface area contributed by atoms with Crippen LogP contribution < -0.4 is 11.1 Å². The van der Waals surface area contributed by atoms with Gasteiger partial charge in [0, 0.05) is 18.8 Å². The van der Waals surface area contributed by atoms with Crippen LogP contribution in [-0.2, 0) is 16.0 Å². The lowest BCUT2D eigenvalue weighted by Gasteiger charge is -2.38. The van der Waals surface area contributed by atoms with Crippen molar-refractivity contribution in [3.8, 4) is 0 Å². The van der Waals surface area contributed by atoms with Crippen molar-refractivity contribution in [3.63, 3.8) is 0 Å². The van der Waals surface area contributed by atoms with E-state index in [2.05, 4.69) is 28.3 Å². The van der Waals surface area contributed by atoms with E-state index in [9.17, 15) is 14.4 Å². The Morgan fingerprint density at radius 1 is 1.23 bits per heavy atom. The molecule has 1 saturated heterocycles. The largest absolute Gasteiger partial charge is 0.366 e. The van der Waals surface area contributed by atoms with Gasteiger partial charge >= 0.3 is 11.8 Å². The van der Waals surface area contributed by atoms with E-state index in [1.807, 2.05) is 17.6 Å². The first kappa shape index (κ1) is 20.9. The highest BCUT2D eigenvalue weighted by Gasteiger charge is 2.33. The van der Waals surface area contributed by atoms with E-state index >= 15 is 0 Å². The Labute approximate surface area is 183 Å². The number of primary amides is 1. The first-order valence-corrected chi connectivity index (χ1v) is 11.0. The van der Waals surface area contributed by atoms with Crippen molar-refractivity contribution in [2.45, 2.75) is 32.2 Å². The number of fused-ring (bicyclic) bond motifs is 1. The van der Waals surface area contributed by atoms with Crippen molar-refractivity contribution in [1.29, 1.82) is 0 Å². The number of thiazole rings is 1. The van der Waals surface area contributed by atoms with Gasteiger partial charge in [0.05, 0.1) is 33.2 Å². The molecule has 1 aliphatic heterocycles. The molecule has 3 aromatic rings. The first-order chi connectivity index (χ1) is 14.9. The number of aromatic nitrogens is 2. The number of nitrogens with one attached hydrogen (secondary N) is 1. The van der Waals surface area contributed by atoms with Crippen molar-refractivity contribution in [1.82, 2.24) is 14.9 Å². The number of likely N-dealkylation sites (tertiary alicyclic amines) is 1. The number of nitrogens with two attached hydrogens (primary N) is 1. The molecule has 160 valence electrons. The lowest BCUT2D eigenvalue weighted by Crippen LogP contribution is -2.51. The molecule has 1 aromatic carbocycles. The molecule has 0 unspecified atom stereocenters. The van der Waals surface area contributed by atoms with Crippen LogP contribution in [0.5, 0.6) is 0 Å². The predicted octanol–water partition coefficient (Wildman–Crippen LogP) is 2.60. The van der Waals surface area contributed by atoms with Gasteiger partial charge < -0.3 is 16.0 Å². The second-order valence-electron chi connectivity index (χ2n) is 7.93. The normalized spacial score (nSPS) is 18.7.